The third kappa shape index (κ3) is 6.20. The van der Waals surface area contributed by atoms with Crippen LogP contribution < -0.4 is 10.7 Å². The number of aromatic nitrogens is 1. The summed E-state index contributed by atoms with van der Waals surface area (Å²) in [6.07, 6.45) is 1.12. The van der Waals surface area contributed by atoms with E-state index < -0.39 is 47.6 Å². The molecule has 0 aliphatic carbocycles. The van der Waals surface area contributed by atoms with Crippen molar-refractivity contribution in [1.82, 2.24) is 20.7 Å². The van der Waals surface area contributed by atoms with E-state index in [0.717, 1.165) is 17.9 Å². The first-order valence-corrected chi connectivity index (χ1v) is 12.1. The lowest BCUT2D eigenvalue weighted by Crippen LogP contribution is -2.67. The van der Waals surface area contributed by atoms with Crippen molar-refractivity contribution in [1.29, 1.82) is 0 Å². The van der Waals surface area contributed by atoms with Gasteiger partial charge in [0.2, 0.25) is 5.91 Å². The van der Waals surface area contributed by atoms with Gasteiger partial charge >= 0.3 is 5.97 Å². The van der Waals surface area contributed by atoms with Crippen LogP contribution in [-0.4, -0.2) is 56.7 Å². The van der Waals surface area contributed by atoms with Gasteiger partial charge in [0.1, 0.15) is 23.6 Å². The van der Waals surface area contributed by atoms with Crippen LogP contribution in [0.1, 0.15) is 43.2 Å². The Kier molecular flexibility index (Phi) is 8.90. The molecule has 10 nitrogen and oxygen atoms in total. The molecule has 0 saturated heterocycles. The van der Waals surface area contributed by atoms with Crippen molar-refractivity contribution >= 4 is 40.7 Å². The fourth-order valence-corrected chi connectivity index (χ4v) is 4.26. The Morgan fingerprint density at radius 3 is 2.29 bits per heavy atom. The average molecular weight is 519 g/mol. The highest BCUT2D eigenvalue weighted by molar-refractivity contribution is 6.07. The van der Waals surface area contributed by atoms with Gasteiger partial charge in [-0.3, -0.25) is 29.6 Å². The van der Waals surface area contributed by atoms with Crippen molar-refractivity contribution in [3.63, 3.8) is 0 Å². The summed E-state index contributed by atoms with van der Waals surface area (Å²) >= 11 is 0. The number of amides is 3. The summed E-state index contributed by atoms with van der Waals surface area (Å²) in [5.74, 6) is -3.95. The summed E-state index contributed by atoms with van der Waals surface area (Å²) in [6, 6.07) is 16.5. The molecule has 3 N–H and O–H groups in total. The van der Waals surface area contributed by atoms with Crippen molar-refractivity contribution in [2.45, 2.75) is 45.2 Å². The molecule has 1 heterocycles. The van der Waals surface area contributed by atoms with Crippen LogP contribution in [0.15, 0.2) is 66.9 Å². The minimum Gasteiger partial charge on any atom is -0.481 e. The number of carbonyl (C=O) groups excluding carboxylic acids is 4. The molecular weight excluding hydrogens is 488 g/mol. The molecule has 3 aromatic rings. The highest BCUT2D eigenvalue weighted by Gasteiger charge is 2.45. The number of fused-ring (bicyclic) bond motifs is 1. The summed E-state index contributed by atoms with van der Waals surface area (Å²) in [5.41, 5.74) is 1.67. The number of carboxylic acid groups (broad SMARTS) is 1. The van der Waals surface area contributed by atoms with E-state index in [9.17, 15) is 29.1 Å². The van der Waals surface area contributed by atoms with Gasteiger partial charge < -0.3 is 15.2 Å². The van der Waals surface area contributed by atoms with E-state index >= 15 is 0 Å². The molecule has 0 unspecified atom stereocenters. The van der Waals surface area contributed by atoms with E-state index in [1.165, 1.54) is 6.20 Å². The van der Waals surface area contributed by atoms with Crippen LogP contribution in [0.3, 0.4) is 0 Å². The van der Waals surface area contributed by atoms with Gasteiger partial charge in [-0.25, -0.2) is 5.01 Å². The minimum absolute atomic E-state index is 0.0459. The van der Waals surface area contributed by atoms with Gasteiger partial charge in [0, 0.05) is 24.9 Å². The molecule has 2 aromatic carbocycles. The normalized spacial score (nSPS) is 13.3. The van der Waals surface area contributed by atoms with Crippen molar-refractivity contribution in [3.05, 3.63) is 78.1 Å². The zero-order valence-corrected chi connectivity index (χ0v) is 21.4. The molecule has 0 aliphatic heterocycles. The van der Waals surface area contributed by atoms with E-state index in [-0.39, 0.29) is 18.4 Å². The number of pyridine rings is 1. The SMILES string of the molecule is CC(=O)N(NC(=O)[C@@](Cc1ccccc1)(NC(=O)c1nccc2ccccc12)C(C)C)[C@H](C=O)CC(=O)O. The Labute approximate surface area is 220 Å². The van der Waals surface area contributed by atoms with Gasteiger partial charge in [-0.15, -0.1) is 0 Å². The van der Waals surface area contributed by atoms with Crippen LogP contribution in [0.2, 0.25) is 0 Å². The first-order chi connectivity index (χ1) is 18.1. The van der Waals surface area contributed by atoms with E-state index in [4.69, 9.17) is 0 Å². The number of aliphatic carboxylic acids is 1. The molecule has 0 aliphatic rings. The Bertz CT molecular complexity index is 1340. The molecule has 38 heavy (non-hydrogen) atoms. The summed E-state index contributed by atoms with van der Waals surface area (Å²) in [6.45, 7) is 4.59. The number of hydrogen-bond acceptors (Lipinski definition) is 6. The van der Waals surface area contributed by atoms with Crippen molar-refractivity contribution in [2.24, 2.45) is 5.92 Å². The highest BCUT2D eigenvalue weighted by atomic mass is 16.4. The number of rotatable bonds is 10. The fourth-order valence-electron chi connectivity index (χ4n) is 4.26. The monoisotopic (exact) mass is 518 g/mol. The number of hydrazine groups is 1. The summed E-state index contributed by atoms with van der Waals surface area (Å²) < 4.78 is 0. The maximum Gasteiger partial charge on any atom is 0.305 e. The molecular formula is C28H30N4O6. The molecule has 0 bridgehead atoms. The molecule has 3 rings (SSSR count). The predicted octanol–water partition coefficient (Wildman–Crippen LogP) is 2.52. The number of nitrogens with zero attached hydrogens (tertiary/aromatic N) is 2. The lowest BCUT2D eigenvalue weighted by molar-refractivity contribution is -0.151. The molecule has 0 radical (unpaired) electrons. The first-order valence-electron chi connectivity index (χ1n) is 12.1. The van der Waals surface area contributed by atoms with Gasteiger partial charge in [0.05, 0.1) is 6.42 Å². The van der Waals surface area contributed by atoms with Crippen LogP contribution in [0, 0.1) is 5.92 Å². The maximum atomic E-state index is 14.0. The summed E-state index contributed by atoms with van der Waals surface area (Å²) in [5, 5.41) is 14.1. The van der Waals surface area contributed by atoms with E-state index in [2.05, 4.69) is 15.7 Å². The number of nitrogens with one attached hydrogen (secondary N) is 2. The van der Waals surface area contributed by atoms with E-state index in [1.54, 1.807) is 56.3 Å². The average Bonchev–Trinajstić information content (AvgIpc) is 2.89. The van der Waals surface area contributed by atoms with Crippen molar-refractivity contribution in [2.75, 3.05) is 0 Å². The standard InChI is InChI=1S/C28H30N4O6/c1-18(2)28(16-20-9-5-4-6-10-20,27(38)31-32(19(3)34)22(17-33)15-24(35)36)30-26(37)25-23-12-8-7-11-21(23)13-14-29-25/h4-14,17-18,22H,15-16H2,1-3H3,(H,30,37)(H,31,38)(H,35,36)/t22-,28-/m0/s1. The quantitative estimate of drug-likeness (QED) is 0.276. The Morgan fingerprint density at radius 1 is 1.03 bits per heavy atom. The second kappa shape index (κ2) is 12.1. The van der Waals surface area contributed by atoms with Gasteiger partial charge in [0.15, 0.2) is 0 Å². The van der Waals surface area contributed by atoms with Crippen LogP contribution in [-0.2, 0) is 25.6 Å². The Balaban J connectivity index is 2.07. The number of benzene rings is 2. The molecule has 198 valence electrons. The number of aldehydes is 1. The molecule has 0 fully saturated rings. The van der Waals surface area contributed by atoms with Gasteiger partial charge in [-0.2, -0.15) is 0 Å². The zero-order chi connectivity index (χ0) is 27.9. The Hall–Kier alpha value is -4.60. The molecule has 2 atom stereocenters. The smallest absolute Gasteiger partial charge is 0.305 e. The summed E-state index contributed by atoms with van der Waals surface area (Å²) in [7, 11) is 0. The Morgan fingerprint density at radius 2 is 1.68 bits per heavy atom. The molecule has 0 saturated carbocycles. The van der Waals surface area contributed by atoms with Crippen LogP contribution in [0.4, 0.5) is 0 Å². The van der Waals surface area contributed by atoms with Gasteiger partial charge in [0.25, 0.3) is 11.8 Å². The topological polar surface area (TPSA) is 146 Å². The van der Waals surface area contributed by atoms with Crippen LogP contribution >= 0.6 is 0 Å². The zero-order valence-electron chi connectivity index (χ0n) is 21.4. The van der Waals surface area contributed by atoms with E-state index in [0.29, 0.717) is 10.4 Å². The second-order valence-corrected chi connectivity index (χ2v) is 9.25. The maximum absolute atomic E-state index is 14.0. The molecule has 0 spiro atoms. The highest BCUT2D eigenvalue weighted by Crippen LogP contribution is 2.26. The second-order valence-electron chi connectivity index (χ2n) is 9.25. The number of hydrogen-bond donors (Lipinski definition) is 3. The third-order valence-electron chi connectivity index (χ3n) is 6.38. The number of carboxylic acids is 1. The largest absolute Gasteiger partial charge is 0.481 e. The van der Waals surface area contributed by atoms with Gasteiger partial charge in [-0.1, -0.05) is 68.4 Å². The van der Waals surface area contributed by atoms with Crippen LogP contribution in [0.5, 0.6) is 0 Å². The lowest BCUT2D eigenvalue weighted by atomic mass is 9.79. The molecule has 3 amide bonds. The first kappa shape index (κ1) is 28.0. The molecule has 1 aromatic heterocycles. The number of carbonyl (C=O) groups is 5. The van der Waals surface area contributed by atoms with Crippen molar-refractivity contribution in [3.8, 4) is 0 Å². The van der Waals surface area contributed by atoms with Crippen molar-refractivity contribution < 1.29 is 29.1 Å². The molecule has 10 heteroatoms. The van der Waals surface area contributed by atoms with Crippen LogP contribution in [0.25, 0.3) is 10.8 Å². The van der Waals surface area contributed by atoms with Gasteiger partial charge in [-0.05, 0) is 22.9 Å². The third-order valence-corrected chi connectivity index (χ3v) is 6.38. The van der Waals surface area contributed by atoms with E-state index in [1.807, 2.05) is 18.2 Å². The minimum atomic E-state index is -1.61. The lowest BCUT2D eigenvalue weighted by Gasteiger charge is -2.39. The fraction of sp³-hybridized carbons (Fsp3) is 0.286. The predicted molar refractivity (Wildman–Crippen MR) is 140 cm³/mol. The summed E-state index contributed by atoms with van der Waals surface area (Å²) in [4.78, 5) is 67.2.